The van der Waals surface area contributed by atoms with Crippen LogP contribution in [0, 0.1) is 6.92 Å². The van der Waals surface area contributed by atoms with E-state index in [1.807, 2.05) is 24.3 Å². The van der Waals surface area contributed by atoms with Crippen LogP contribution < -0.4 is 10.1 Å². The number of halogens is 1. The molecule has 0 heterocycles. The van der Waals surface area contributed by atoms with Crippen molar-refractivity contribution in [2.45, 2.75) is 20.3 Å². The fourth-order valence-corrected chi connectivity index (χ4v) is 2.28. The number of nitrogens with one attached hydrogen (secondary N) is 1. The molecule has 0 spiro atoms. The molecule has 2 aromatic rings. The summed E-state index contributed by atoms with van der Waals surface area (Å²) in [6.07, 6.45) is 0.914. The van der Waals surface area contributed by atoms with E-state index >= 15 is 0 Å². The van der Waals surface area contributed by atoms with Gasteiger partial charge >= 0.3 is 0 Å². The van der Waals surface area contributed by atoms with Gasteiger partial charge < -0.3 is 10.1 Å². The number of aryl methyl sites for hydroxylation is 2. The first-order valence-corrected chi connectivity index (χ1v) is 7.28. The molecule has 0 fully saturated rings. The Morgan fingerprint density at radius 3 is 2.75 bits per heavy atom. The molecule has 0 aliphatic rings. The number of hydrogen-bond acceptors (Lipinski definition) is 2. The Kier molecular flexibility index (Phi) is 5.31. The number of rotatable bonds is 6. The van der Waals surface area contributed by atoms with Crippen LogP contribution in [0.1, 0.15) is 18.1 Å². The van der Waals surface area contributed by atoms with Gasteiger partial charge in [0.15, 0.2) is 0 Å². The number of anilines is 1. The third-order valence-electron chi connectivity index (χ3n) is 3.12. The van der Waals surface area contributed by atoms with E-state index in [0.717, 1.165) is 35.0 Å². The van der Waals surface area contributed by atoms with Crippen molar-refractivity contribution in [1.82, 2.24) is 0 Å². The first-order valence-electron chi connectivity index (χ1n) is 6.91. The van der Waals surface area contributed by atoms with Crippen molar-refractivity contribution in [1.29, 1.82) is 0 Å². The van der Waals surface area contributed by atoms with Crippen LogP contribution in [0.2, 0.25) is 5.02 Å². The van der Waals surface area contributed by atoms with Gasteiger partial charge in [0, 0.05) is 17.3 Å². The zero-order valence-electron chi connectivity index (χ0n) is 11.9. The highest BCUT2D eigenvalue weighted by atomic mass is 35.5. The number of hydrogen-bond donors (Lipinski definition) is 1. The van der Waals surface area contributed by atoms with Crippen LogP contribution >= 0.6 is 11.6 Å². The van der Waals surface area contributed by atoms with E-state index in [1.54, 1.807) is 0 Å². The highest BCUT2D eigenvalue weighted by molar-refractivity contribution is 6.31. The second kappa shape index (κ2) is 7.20. The van der Waals surface area contributed by atoms with E-state index in [9.17, 15) is 0 Å². The van der Waals surface area contributed by atoms with E-state index in [-0.39, 0.29) is 0 Å². The van der Waals surface area contributed by atoms with Gasteiger partial charge in [-0.25, -0.2) is 0 Å². The Bertz CT molecular complexity index is 569. The minimum Gasteiger partial charge on any atom is -0.492 e. The normalized spacial score (nSPS) is 10.3. The van der Waals surface area contributed by atoms with Crippen LogP contribution in [-0.4, -0.2) is 13.2 Å². The van der Waals surface area contributed by atoms with E-state index in [2.05, 4.69) is 37.4 Å². The summed E-state index contributed by atoms with van der Waals surface area (Å²) in [6.45, 7) is 5.57. The Labute approximate surface area is 125 Å². The first-order chi connectivity index (χ1) is 9.69. The molecule has 0 unspecified atom stereocenters. The van der Waals surface area contributed by atoms with Gasteiger partial charge in [-0.05, 0) is 54.8 Å². The van der Waals surface area contributed by atoms with Crippen LogP contribution in [0.3, 0.4) is 0 Å². The predicted molar refractivity (Wildman–Crippen MR) is 86.0 cm³/mol. The molecular formula is C17H20ClNO. The molecule has 2 aromatic carbocycles. The van der Waals surface area contributed by atoms with Gasteiger partial charge in [-0.3, -0.25) is 0 Å². The second-order valence-electron chi connectivity index (χ2n) is 4.75. The van der Waals surface area contributed by atoms with E-state index in [0.29, 0.717) is 6.61 Å². The Morgan fingerprint density at radius 2 is 2.00 bits per heavy atom. The van der Waals surface area contributed by atoms with Gasteiger partial charge in [0.25, 0.3) is 0 Å². The molecule has 0 radical (unpaired) electrons. The van der Waals surface area contributed by atoms with Crippen LogP contribution in [0.15, 0.2) is 42.5 Å². The number of benzene rings is 2. The molecule has 0 saturated carbocycles. The summed E-state index contributed by atoms with van der Waals surface area (Å²) in [4.78, 5) is 0. The highest BCUT2D eigenvalue weighted by Crippen LogP contribution is 2.22. The lowest BCUT2D eigenvalue weighted by molar-refractivity contribution is 0.332. The molecule has 0 aliphatic carbocycles. The molecule has 0 aliphatic heterocycles. The van der Waals surface area contributed by atoms with Gasteiger partial charge in [0.1, 0.15) is 12.4 Å². The summed E-state index contributed by atoms with van der Waals surface area (Å²) in [5.74, 6) is 0.872. The zero-order valence-corrected chi connectivity index (χ0v) is 12.7. The van der Waals surface area contributed by atoms with Crippen molar-refractivity contribution in [3.05, 3.63) is 58.6 Å². The maximum atomic E-state index is 6.08. The van der Waals surface area contributed by atoms with Crippen LogP contribution in [0.25, 0.3) is 0 Å². The summed E-state index contributed by atoms with van der Waals surface area (Å²) in [5, 5.41) is 4.15. The van der Waals surface area contributed by atoms with Crippen LogP contribution in [0.4, 0.5) is 5.69 Å². The second-order valence-corrected chi connectivity index (χ2v) is 5.16. The Balaban J connectivity index is 1.81. The van der Waals surface area contributed by atoms with Crippen molar-refractivity contribution >= 4 is 17.3 Å². The molecule has 1 N–H and O–H groups in total. The molecule has 2 rings (SSSR count). The minimum atomic E-state index is 0.624. The topological polar surface area (TPSA) is 21.3 Å². The largest absolute Gasteiger partial charge is 0.492 e. The Morgan fingerprint density at radius 1 is 1.15 bits per heavy atom. The number of ether oxygens (including phenoxy) is 1. The lowest BCUT2D eigenvalue weighted by atomic mass is 10.1. The smallest absolute Gasteiger partial charge is 0.119 e. The zero-order chi connectivity index (χ0) is 14.4. The van der Waals surface area contributed by atoms with Crippen molar-refractivity contribution in [3.8, 4) is 5.75 Å². The fourth-order valence-electron chi connectivity index (χ4n) is 2.03. The monoisotopic (exact) mass is 289 g/mol. The molecule has 0 aromatic heterocycles. The van der Waals surface area contributed by atoms with E-state index < -0.39 is 0 Å². The van der Waals surface area contributed by atoms with Gasteiger partial charge in [0.05, 0.1) is 0 Å². The van der Waals surface area contributed by atoms with Crippen LogP contribution in [0.5, 0.6) is 5.75 Å². The lowest BCUT2D eigenvalue weighted by Gasteiger charge is -2.10. The summed E-state index contributed by atoms with van der Waals surface area (Å²) in [6, 6.07) is 14.1. The third kappa shape index (κ3) is 4.17. The Hall–Kier alpha value is -1.67. The van der Waals surface area contributed by atoms with Gasteiger partial charge in [0.2, 0.25) is 0 Å². The molecule has 3 heteroatoms. The summed E-state index contributed by atoms with van der Waals surface area (Å²) < 4.78 is 5.73. The maximum Gasteiger partial charge on any atom is 0.119 e. The summed E-state index contributed by atoms with van der Waals surface area (Å²) in [5.41, 5.74) is 3.50. The summed E-state index contributed by atoms with van der Waals surface area (Å²) >= 11 is 6.08. The van der Waals surface area contributed by atoms with Gasteiger partial charge in [-0.1, -0.05) is 30.7 Å². The SMILES string of the molecule is CCc1cc(OCCNc2cccc(C)c2)ccc1Cl. The van der Waals surface area contributed by atoms with Crippen molar-refractivity contribution in [3.63, 3.8) is 0 Å². The van der Waals surface area contributed by atoms with Gasteiger partial charge in [-0.2, -0.15) is 0 Å². The fraction of sp³-hybridized carbons (Fsp3) is 0.294. The highest BCUT2D eigenvalue weighted by Gasteiger charge is 2.01. The van der Waals surface area contributed by atoms with Crippen molar-refractivity contribution in [2.75, 3.05) is 18.5 Å². The lowest BCUT2D eigenvalue weighted by Crippen LogP contribution is -2.11. The maximum absolute atomic E-state index is 6.08. The average Bonchev–Trinajstić information content (AvgIpc) is 2.45. The van der Waals surface area contributed by atoms with E-state index in [4.69, 9.17) is 16.3 Å². The van der Waals surface area contributed by atoms with Crippen LogP contribution in [-0.2, 0) is 6.42 Å². The molecule has 0 amide bonds. The average molecular weight is 290 g/mol. The molecule has 0 atom stereocenters. The van der Waals surface area contributed by atoms with Gasteiger partial charge in [-0.15, -0.1) is 0 Å². The molecule has 2 nitrogen and oxygen atoms in total. The summed E-state index contributed by atoms with van der Waals surface area (Å²) in [7, 11) is 0. The van der Waals surface area contributed by atoms with E-state index in [1.165, 1.54) is 5.56 Å². The first kappa shape index (κ1) is 14.7. The minimum absolute atomic E-state index is 0.624. The van der Waals surface area contributed by atoms with Crippen molar-refractivity contribution in [2.24, 2.45) is 0 Å². The molecule has 20 heavy (non-hydrogen) atoms. The molecule has 0 bridgehead atoms. The molecule has 106 valence electrons. The standard InChI is InChI=1S/C17H20ClNO/c1-3-14-12-16(7-8-17(14)18)20-10-9-19-15-6-4-5-13(2)11-15/h4-8,11-12,19H,3,9-10H2,1-2H3. The van der Waals surface area contributed by atoms with Crippen molar-refractivity contribution < 1.29 is 4.74 Å². The molecular weight excluding hydrogens is 270 g/mol. The predicted octanol–water partition coefficient (Wildman–Crippen LogP) is 4.70. The third-order valence-corrected chi connectivity index (χ3v) is 3.48. The quantitative estimate of drug-likeness (QED) is 0.778. The molecule has 0 saturated heterocycles.